The van der Waals surface area contributed by atoms with Crippen LogP contribution in [-0.2, 0) is 16.6 Å². The molecule has 3 rings (SSSR count). The van der Waals surface area contributed by atoms with Gasteiger partial charge in [0.15, 0.2) is 11.5 Å². The molecule has 0 spiro atoms. The van der Waals surface area contributed by atoms with E-state index in [4.69, 9.17) is 14.2 Å². The highest BCUT2D eigenvalue weighted by Gasteiger charge is 2.26. The molecule has 0 aliphatic carbocycles. The van der Waals surface area contributed by atoms with Gasteiger partial charge in [-0.15, -0.1) is 0 Å². The summed E-state index contributed by atoms with van der Waals surface area (Å²) in [4.78, 5) is 12.8. The van der Waals surface area contributed by atoms with Crippen LogP contribution in [-0.4, -0.2) is 53.0 Å². The van der Waals surface area contributed by atoms with E-state index in [9.17, 15) is 13.2 Å². The standard InChI is InChI=1S/C22H28N2O6S/c1-28-19-12-16(13-20(29-2)21(19)30-3)15-23-22(25)17-8-7-9-18(14-17)31(26,27)24-10-5-4-6-11-24/h7-9,12-14H,4-6,10-11,15H2,1-3H3,(H,23,25). The van der Waals surface area contributed by atoms with Crippen molar-refractivity contribution in [3.05, 3.63) is 47.5 Å². The second-order valence-corrected chi connectivity index (χ2v) is 9.15. The molecule has 2 aromatic carbocycles. The minimum absolute atomic E-state index is 0.134. The number of carbonyl (C=O) groups is 1. The lowest BCUT2D eigenvalue weighted by atomic mass is 10.1. The number of hydrogen-bond donors (Lipinski definition) is 1. The molecular formula is C22H28N2O6S. The van der Waals surface area contributed by atoms with Crippen LogP contribution in [0.2, 0.25) is 0 Å². The zero-order valence-electron chi connectivity index (χ0n) is 18.0. The number of piperidine rings is 1. The minimum Gasteiger partial charge on any atom is -0.493 e. The zero-order chi connectivity index (χ0) is 22.4. The number of nitrogens with zero attached hydrogens (tertiary/aromatic N) is 1. The van der Waals surface area contributed by atoms with Gasteiger partial charge in [-0.05, 0) is 48.7 Å². The second kappa shape index (κ2) is 10.0. The molecule has 0 saturated carbocycles. The Labute approximate surface area is 183 Å². The second-order valence-electron chi connectivity index (χ2n) is 7.21. The van der Waals surface area contributed by atoms with E-state index in [2.05, 4.69) is 5.32 Å². The highest BCUT2D eigenvalue weighted by Crippen LogP contribution is 2.38. The van der Waals surface area contributed by atoms with E-state index in [0.717, 1.165) is 24.8 Å². The summed E-state index contributed by atoms with van der Waals surface area (Å²) in [6.45, 7) is 1.23. The number of carbonyl (C=O) groups excluding carboxylic acids is 1. The molecule has 1 amide bonds. The normalized spacial score (nSPS) is 14.7. The third kappa shape index (κ3) is 5.11. The van der Waals surface area contributed by atoms with Crippen molar-refractivity contribution in [2.24, 2.45) is 0 Å². The molecule has 0 aromatic heterocycles. The molecule has 9 heteroatoms. The van der Waals surface area contributed by atoms with Crippen molar-refractivity contribution in [3.8, 4) is 17.2 Å². The fourth-order valence-corrected chi connectivity index (χ4v) is 5.14. The molecular weight excluding hydrogens is 420 g/mol. The van der Waals surface area contributed by atoms with Gasteiger partial charge in [0.2, 0.25) is 15.8 Å². The molecule has 2 aromatic rings. The molecule has 0 atom stereocenters. The summed E-state index contributed by atoms with van der Waals surface area (Å²) in [5.74, 6) is 1.07. The summed E-state index contributed by atoms with van der Waals surface area (Å²) in [5, 5.41) is 2.81. The minimum atomic E-state index is -3.60. The monoisotopic (exact) mass is 448 g/mol. The van der Waals surface area contributed by atoms with E-state index in [-0.39, 0.29) is 22.9 Å². The fraction of sp³-hybridized carbons (Fsp3) is 0.409. The molecule has 1 aliphatic rings. The smallest absolute Gasteiger partial charge is 0.251 e. The summed E-state index contributed by atoms with van der Waals surface area (Å²) in [6.07, 6.45) is 2.75. The van der Waals surface area contributed by atoms with Crippen molar-refractivity contribution in [1.82, 2.24) is 9.62 Å². The van der Waals surface area contributed by atoms with Gasteiger partial charge in [0.05, 0.1) is 26.2 Å². The van der Waals surface area contributed by atoms with Crippen molar-refractivity contribution in [2.75, 3.05) is 34.4 Å². The quantitative estimate of drug-likeness (QED) is 0.667. The van der Waals surface area contributed by atoms with Crippen LogP contribution in [0.15, 0.2) is 41.3 Å². The predicted molar refractivity (Wildman–Crippen MR) is 116 cm³/mol. The highest BCUT2D eigenvalue weighted by atomic mass is 32.2. The molecule has 31 heavy (non-hydrogen) atoms. The summed E-state index contributed by atoms with van der Waals surface area (Å²) in [6, 6.07) is 9.64. The Balaban J connectivity index is 1.75. The van der Waals surface area contributed by atoms with E-state index in [1.165, 1.54) is 37.8 Å². The largest absolute Gasteiger partial charge is 0.493 e. The van der Waals surface area contributed by atoms with Crippen LogP contribution in [0.4, 0.5) is 0 Å². The molecule has 1 aliphatic heterocycles. The molecule has 0 radical (unpaired) electrons. The average Bonchev–Trinajstić information content (AvgIpc) is 2.82. The maximum absolute atomic E-state index is 12.9. The predicted octanol–water partition coefficient (Wildman–Crippen LogP) is 2.82. The SMILES string of the molecule is COc1cc(CNC(=O)c2cccc(S(=O)(=O)N3CCCCC3)c2)cc(OC)c1OC. The van der Waals surface area contributed by atoms with Crippen molar-refractivity contribution in [2.45, 2.75) is 30.7 Å². The number of ether oxygens (including phenoxy) is 3. The number of sulfonamides is 1. The average molecular weight is 449 g/mol. The van der Waals surface area contributed by atoms with Gasteiger partial charge in [0.25, 0.3) is 5.91 Å². The maximum atomic E-state index is 12.9. The first-order chi connectivity index (χ1) is 14.9. The summed E-state index contributed by atoms with van der Waals surface area (Å²) < 4.78 is 43.3. The molecule has 1 saturated heterocycles. The van der Waals surface area contributed by atoms with Gasteiger partial charge in [0, 0.05) is 25.2 Å². The number of hydrogen-bond acceptors (Lipinski definition) is 6. The lowest BCUT2D eigenvalue weighted by Gasteiger charge is -2.26. The Bertz CT molecular complexity index is 1010. The molecule has 8 nitrogen and oxygen atoms in total. The topological polar surface area (TPSA) is 94.2 Å². The van der Waals surface area contributed by atoms with Gasteiger partial charge >= 0.3 is 0 Å². The highest BCUT2D eigenvalue weighted by molar-refractivity contribution is 7.89. The number of methoxy groups -OCH3 is 3. The maximum Gasteiger partial charge on any atom is 0.251 e. The van der Waals surface area contributed by atoms with E-state index in [1.54, 1.807) is 24.3 Å². The Morgan fingerprint density at radius 1 is 0.968 bits per heavy atom. The Kier molecular flexibility index (Phi) is 7.40. The first-order valence-corrected chi connectivity index (χ1v) is 11.5. The third-order valence-corrected chi connectivity index (χ3v) is 7.12. The van der Waals surface area contributed by atoms with Gasteiger partial charge in [-0.1, -0.05) is 12.5 Å². The van der Waals surface area contributed by atoms with Crippen molar-refractivity contribution in [1.29, 1.82) is 0 Å². The van der Waals surface area contributed by atoms with Crippen molar-refractivity contribution in [3.63, 3.8) is 0 Å². The van der Waals surface area contributed by atoms with E-state index in [1.807, 2.05) is 0 Å². The number of nitrogens with one attached hydrogen (secondary N) is 1. The molecule has 0 bridgehead atoms. The van der Waals surface area contributed by atoms with Crippen LogP contribution in [0, 0.1) is 0 Å². The van der Waals surface area contributed by atoms with E-state index >= 15 is 0 Å². The summed E-state index contributed by atoms with van der Waals surface area (Å²) in [7, 11) is 0.960. The zero-order valence-corrected chi connectivity index (χ0v) is 18.8. The van der Waals surface area contributed by atoms with Crippen LogP contribution in [0.1, 0.15) is 35.2 Å². The van der Waals surface area contributed by atoms with Gasteiger partial charge in [0.1, 0.15) is 0 Å². The van der Waals surface area contributed by atoms with Gasteiger partial charge < -0.3 is 19.5 Å². The molecule has 1 heterocycles. The van der Waals surface area contributed by atoms with Crippen LogP contribution < -0.4 is 19.5 Å². The van der Waals surface area contributed by atoms with E-state index < -0.39 is 10.0 Å². The number of amides is 1. The van der Waals surface area contributed by atoms with Crippen LogP contribution in [0.5, 0.6) is 17.2 Å². The van der Waals surface area contributed by atoms with Crippen molar-refractivity contribution >= 4 is 15.9 Å². The first kappa shape index (κ1) is 22.9. The Hall–Kier alpha value is -2.78. The summed E-state index contributed by atoms with van der Waals surface area (Å²) >= 11 is 0. The Morgan fingerprint density at radius 2 is 1.61 bits per heavy atom. The molecule has 168 valence electrons. The van der Waals surface area contributed by atoms with Gasteiger partial charge in [-0.2, -0.15) is 4.31 Å². The van der Waals surface area contributed by atoms with Gasteiger partial charge in [-0.3, -0.25) is 4.79 Å². The van der Waals surface area contributed by atoms with Crippen LogP contribution in [0.3, 0.4) is 0 Å². The molecule has 1 N–H and O–H groups in total. The number of benzene rings is 2. The summed E-state index contributed by atoms with van der Waals surface area (Å²) in [5.41, 5.74) is 1.03. The van der Waals surface area contributed by atoms with Crippen LogP contribution >= 0.6 is 0 Å². The fourth-order valence-electron chi connectivity index (χ4n) is 3.57. The number of rotatable bonds is 8. The third-order valence-electron chi connectivity index (χ3n) is 5.23. The van der Waals surface area contributed by atoms with E-state index in [0.29, 0.717) is 30.3 Å². The molecule has 0 unspecified atom stereocenters. The lowest BCUT2D eigenvalue weighted by molar-refractivity contribution is 0.0950. The molecule has 1 fully saturated rings. The Morgan fingerprint density at radius 3 is 2.19 bits per heavy atom. The van der Waals surface area contributed by atoms with Crippen molar-refractivity contribution < 1.29 is 27.4 Å². The van der Waals surface area contributed by atoms with Gasteiger partial charge in [-0.25, -0.2) is 8.42 Å². The van der Waals surface area contributed by atoms with Crippen LogP contribution in [0.25, 0.3) is 0 Å². The lowest BCUT2D eigenvalue weighted by Crippen LogP contribution is -2.35. The first-order valence-electron chi connectivity index (χ1n) is 10.1.